The number of carbonyl (C=O) groups excluding carboxylic acids is 1. The highest BCUT2D eigenvalue weighted by Gasteiger charge is 2.35. The number of amides is 1. The molecule has 148 valence electrons. The fraction of sp³-hybridized carbons (Fsp3) is 0.478. The predicted octanol–water partition coefficient (Wildman–Crippen LogP) is 4.80. The molecule has 1 aromatic heterocycles. The van der Waals surface area contributed by atoms with E-state index in [1.54, 1.807) is 0 Å². The van der Waals surface area contributed by atoms with Crippen LogP contribution >= 0.6 is 0 Å². The Morgan fingerprint density at radius 3 is 2.68 bits per heavy atom. The molecule has 5 nitrogen and oxygen atoms in total. The SMILES string of the molecule is CC1(C)CN(Cc2ccncc2)c2ccc(OC(=O)NC3CCCCC3)cc21. The van der Waals surface area contributed by atoms with Crippen LogP contribution in [0.25, 0.3) is 0 Å². The number of nitrogens with zero attached hydrogens (tertiary/aromatic N) is 2. The Morgan fingerprint density at radius 2 is 1.93 bits per heavy atom. The summed E-state index contributed by atoms with van der Waals surface area (Å²) in [5.41, 5.74) is 3.68. The quantitative estimate of drug-likeness (QED) is 0.829. The van der Waals surface area contributed by atoms with Crippen LogP contribution in [0.2, 0.25) is 0 Å². The van der Waals surface area contributed by atoms with Gasteiger partial charge in [-0.3, -0.25) is 4.98 Å². The second-order valence-electron chi connectivity index (χ2n) is 8.64. The van der Waals surface area contributed by atoms with E-state index >= 15 is 0 Å². The summed E-state index contributed by atoms with van der Waals surface area (Å²) < 4.78 is 5.61. The minimum absolute atomic E-state index is 0.00157. The molecule has 28 heavy (non-hydrogen) atoms. The molecular formula is C23H29N3O2. The van der Waals surface area contributed by atoms with Crippen molar-refractivity contribution in [1.82, 2.24) is 10.3 Å². The molecule has 1 fully saturated rings. The second-order valence-corrected chi connectivity index (χ2v) is 8.64. The minimum Gasteiger partial charge on any atom is -0.410 e. The van der Waals surface area contributed by atoms with Crippen molar-refractivity contribution in [2.24, 2.45) is 0 Å². The lowest BCUT2D eigenvalue weighted by molar-refractivity contribution is 0.192. The molecule has 0 radical (unpaired) electrons. The molecule has 0 saturated heterocycles. The Morgan fingerprint density at radius 1 is 1.18 bits per heavy atom. The summed E-state index contributed by atoms with van der Waals surface area (Å²) in [4.78, 5) is 18.8. The molecule has 0 spiro atoms. The van der Waals surface area contributed by atoms with Gasteiger partial charge in [0.05, 0.1) is 0 Å². The minimum atomic E-state index is -0.337. The molecule has 2 aromatic rings. The lowest BCUT2D eigenvalue weighted by Gasteiger charge is -2.22. The topological polar surface area (TPSA) is 54.5 Å². The van der Waals surface area contributed by atoms with Crippen LogP contribution in [0.5, 0.6) is 5.75 Å². The summed E-state index contributed by atoms with van der Waals surface area (Å²) in [6.07, 6.45) is 9.07. The molecule has 2 aliphatic rings. The average molecular weight is 380 g/mol. The molecule has 5 heteroatoms. The number of rotatable bonds is 4. The van der Waals surface area contributed by atoms with Crippen molar-refractivity contribution in [2.75, 3.05) is 11.4 Å². The Kier molecular flexibility index (Phi) is 5.25. The van der Waals surface area contributed by atoms with Crippen LogP contribution in [0.1, 0.15) is 57.1 Å². The largest absolute Gasteiger partial charge is 0.412 e. The molecule has 1 aliphatic heterocycles. The molecule has 1 saturated carbocycles. The maximum absolute atomic E-state index is 12.3. The number of aromatic nitrogens is 1. The monoisotopic (exact) mass is 379 g/mol. The van der Waals surface area contributed by atoms with Crippen LogP contribution < -0.4 is 15.0 Å². The van der Waals surface area contributed by atoms with Crippen LogP contribution in [-0.2, 0) is 12.0 Å². The van der Waals surface area contributed by atoms with Crippen molar-refractivity contribution in [3.63, 3.8) is 0 Å². The fourth-order valence-electron chi connectivity index (χ4n) is 4.44. The van der Waals surface area contributed by atoms with Gasteiger partial charge in [-0.15, -0.1) is 0 Å². The van der Waals surface area contributed by atoms with Gasteiger partial charge >= 0.3 is 6.09 Å². The number of ether oxygens (including phenoxy) is 1. The molecule has 0 atom stereocenters. The molecule has 4 rings (SSSR count). The summed E-state index contributed by atoms with van der Waals surface area (Å²) in [5, 5.41) is 3.02. The zero-order valence-electron chi connectivity index (χ0n) is 16.8. The maximum Gasteiger partial charge on any atom is 0.412 e. The first-order valence-corrected chi connectivity index (χ1v) is 10.3. The number of hydrogen-bond donors (Lipinski definition) is 1. The number of fused-ring (bicyclic) bond motifs is 1. The summed E-state index contributed by atoms with van der Waals surface area (Å²) in [7, 11) is 0. The van der Waals surface area contributed by atoms with E-state index in [1.165, 1.54) is 36.1 Å². The molecular weight excluding hydrogens is 350 g/mol. The second kappa shape index (κ2) is 7.82. The smallest absolute Gasteiger partial charge is 0.410 e. The van der Waals surface area contributed by atoms with E-state index < -0.39 is 0 Å². The Hall–Kier alpha value is -2.56. The van der Waals surface area contributed by atoms with Crippen molar-refractivity contribution in [2.45, 2.75) is 64.0 Å². The third-order valence-corrected chi connectivity index (χ3v) is 5.88. The van der Waals surface area contributed by atoms with E-state index in [0.717, 1.165) is 25.9 Å². The van der Waals surface area contributed by atoms with Gasteiger partial charge in [0.2, 0.25) is 0 Å². The van der Waals surface area contributed by atoms with E-state index in [2.05, 4.69) is 47.2 Å². The van der Waals surface area contributed by atoms with Gasteiger partial charge in [0, 0.05) is 42.6 Å². The Bertz CT molecular complexity index is 829. The number of nitrogens with one attached hydrogen (secondary N) is 1. The van der Waals surface area contributed by atoms with Gasteiger partial charge < -0.3 is 15.0 Å². The lowest BCUT2D eigenvalue weighted by Crippen LogP contribution is -2.38. The fourth-order valence-corrected chi connectivity index (χ4v) is 4.44. The van der Waals surface area contributed by atoms with E-state index in [0.29, 0.717) is 5.75 Å². The normalized spacial score (nSPS) is 18.6. The molecule has 1 aromatic carbocycles. The maximum atomic E-state index is 12.3. The van der Waals surface area contributed by atoms with Gasteiger partial charge in [0.25, 0.3) is 0 Å². The highest BCUT2D eigenvalue weighted by molar-refractivity contribution is 5.72. The zero-order chi connectivity index (χ0) is 19.6. The summed E-state index contributed by atoms with van der Waals surface area (Å²) in [6.45, 7) is 6.26. The first-order valence-electron chi connectivity index (χ1n) is 10.3. The standard InChI is InChI=1S/C23H29N3O2/c1-23(2)16-26(15-17-10-12-24-13-11-17)21-9-8-19(14-20(21)23)28-22(27)25-18-6-4-3-5-7-18/h8-14,18H,3-7,15-16H2,1-2H3,(H,25,27). The van der Waals surface area contributed by atoms with Crippen molar-refractivity contribution < 1.29 is 9.53 Å². The Labute approximate surface area is 167 Å². The first-order chi connectivity index (χ1) is 13.5. The third kappa shape index (κ3) is 4.13. The molecule has 2 heterocycles. The highest BCUT2D eigenvalue weighted by Crippen LogP contribution is 2.42. The number of carbonyl (C=O) groups is 1. The summed E-state index contributed by atoms with van der Waals surface area (Å²) >= 11 is 0. The van der Waals surface area contributed by atoms with Gasteiger partial charge in [-0.1, -0.05) is 33.1 Å². The van der Waals surface area contributed by atoms with Gasteiger partial charge in [-0.25, -0.2) is 4.79 Å². The average Bonchev–Trinajstić information content (AvgIpc) is 2.93. The van der Waals surface area contributed by atoms with E-state index in [1.807, 2.05) is 24.5 Å². The van der Waals surface area contributed by atoms with Gasteiger partial charge in [-0.2, -0.15) is 0 Å². The highest BCUT2D eigenvalue weighted by atomic mass is 16.6. The van der Waals surface area contributed by atoms with E-state index in [4.69, 9.17) is 4.74 Å². The Balaban J connectivity index is 1.46. The number of hydrogen-bond acceptors (Lipinski definition) is 4. The predicted molar refractivity (Wildman–Crippen MR) is 111 cm³/mol. The third-order valence-electron chi connectivity index (χ3n) is 5.88. The van der Waals surface area contributed by atoms with Crippen LogP contribution in [0.3, 0.4) is 0 Å². The molecule has 0 bridgehead atoms. The van der Waals surface area contributed by atoms with Crippen LogP contribution in [-0.4, -0.2) is 23.7 Å². The van der Waals surface area contributed by atoms with Crippen LogP contribution in [0.4, 0.5) is 10.5 Å². The van der Waals surface area contributed by atoms with Crippen molar-refractivity contribution in [3.8, 4) is 5.75 Å². The number of pyridine rings is 1. The molecule has 0 unspecified atom stereocenters. The molecule has 1 N–H and O–H groups in total. The number of benzene rings is 1. The van der Waals surface area contributed by atoms with Crippen molar-refractivity contribution in [3.05, 3.63) is 53.9 Å². The number of anilines is 1. The summed E-state index contributed by atoms with van der Waals surface area (Å²) in [5.74, 6) is 0.617. The van der Waals surface area contributed by atoms with E-state index in [-0.39, 0.29) is 17.6 Å². The van der Waals surface area contributed by atoms with Gasteiger partial charge in [-0.05, 0) is 54.3 Å². The first kappa shape index (κ1) is 18.8. The van der Waals surface area contributed by atoms with Crippen molar-refractivity contribution in [1.29, 1.82) is 0 Å². The molecule has 1 aliphatic carbocycles. The van der Waals surface area contributed by atoms with Gasteiger partial charge in [0.15, 0.2) is 0 Å². The summed E-state index contributed by atoms with van der Waals surface area (Å²) in [6, 6.07) is 10.4. The zero-order valence-corrected chi connectivity index (χ0v) is 16.8. The van der Waals surface area contributed by atoms with E-state index in [9.17, 15) is 4.79 Å². The van der Waals surface area contributed by atoms with Gasteiger partial charge in [0.1, 0.15) is 5.75 Å². The lowest BCUT2D eigenvalue weighted by atomic mass is 9.87. The van der Waals surface area contributed by atoms with Crippen LogP contribution in [0.15, 0.2) is 42.7 Å². The van der Waals surface area contributed by atoms with Crippen molar-refractivity contribution >= 4 is 11.8 Å². The van der Waals surface area contributed by atoms with Crippen LogP contribution in [0, 0.1) is 0 Å². The molecule has 1 amide bonds.